The quantitative estimate of drug-likeness (QED) is 0.0578. The number of phenols is 1. The molecule has 0 bridgehead atoms. The van der Waals surface area contributed by atoms with Crippen LogP contribution in [0.15, 0.2) is 88.8 Å². The first-order chi connectivity index (χ1) is 26.4. The molecule has 55 heavy (non-hydrogen) atoms. The van der Waals surface area contributed by atoms with Crippen molar-refractivity contribution in [1.82, 2.24) is 26.6 Å². The largest absolute Gasteiger partial charge is 0.508 e. The first-order valence-corrected chi connectivity index (χ1v) is 17.9. The molecule has 4 atom stereocenters. The Kier molecular flexibility index (Phi) is 15.4. The van der Waals surface area contributed by atoms with Crippen LogP contribution in [0.25, 0.3) is 11.1 Å². The summed E-state index contributed by atoms with van der Waals surface area (Å²) in [4.78, 5) is 76.5. The van der Waals surface area contributed by atoms with Crippen molar-refractivity contribution in [3.63, 3.8) is 0 Å². The van der Waals surface area contributed by atoms with Crippen LogP contribution >= 0.6 is 0 Å². The van der Waals surface area contributed by atoms with Crippen LogP contribution in [0.2, 0.25) is 0 Å². The summed E-state index contributed by atoms with van der Waals surface area (Å²) in [6.07, 6.45) is 0.743. The molecular formula is C38H49N11O6. The molecule has 3 aromatic carbocycles. The summed E-state index contributed by atoms with van der Waals surface area (Å²) in [6.45, 7) is -0.205. The van der Waals surface area contributed by atoms with Gasteiger partial charge in [-0.15, -0.1) is 0 Å². The van der Waals surface area contributed by atoms with Crippen LogP contribution in [-0.2, 0) is 36.8 Å². The molecule has 1 aliphatic rings. The van der Waals surface area contributed by atoms with Crippen LogP contribution in [0.4, 0.5) is 0 Å². The molecule has 0 aromatic heterocycles. The third kappa shape index (κ3) is 13.7. The van der Waals surface area contributed by atoms with Gasteiger partial charge >= 0.3 is 0 Å². The highest BCUT2D eigenvalue weighted by Gasteiger charge is 2.32. The molecule has 1 fully saturated rings. The fourth-order valence-electron chi connectivity index (χ4n) is 5.88. The molecule has 17 heteroatoms. The average Bonchev–Trinajstić information content (AvgIpc) is 3.16. The summed E-state index contributed by atoms with van der Waals surface area (Å²) in [5.74, 6) is -3.68. The highest BCUT2D eigenvalue weighted by molar-refractivity contribution is 5.97. The molecule has 0 aliphatic carbocycles. The molecule has 1 saturated heterocycles. The van der Waals surface area contributed by atoms with Gasteiger partial charge in [-0.3, -0.25) is 34.0 Å². The third-order valence-corrected chi connectivity index (χ3v) is 8.74. The van der Waals surface area contributed by atoms with Gasteiger partial charge in [0.05, 0.1) is 6.54 Å². The summed E-state index contributed by atoms with van der Waals surface area (Å²) in [5, 5.41) is 23.2. The van der Waals surface area contributed by atoms with Gasteiger partial charge in [0.1, 0.15) is 29.9 Å². The lowest BCUT2D eigenvalue weighted by atomic mass is 9.99. The Bertz CT molecular complexity index is 1830. The highest BCUT2D eigenvalue weighted by atomic mass is 16.3. The number of phenolic OH excluding ortho intramolecular Hbond substituents is 1. The zero-order chi connectivity index (χ0) is 39.7. The standard InChI is InChI=1S/C38H49N11O6/c39-37(40)43-18-4-8-28-34(53)47-29(9-5-19-44-38(41)42)35(54)49-30(20-23-10-14-26(15-11-23)25-6-2-1-3-7-25)33(52)45-22-32(51)46-31(36(55)48-28)21-24-12-16-27(50)17-13-24/h1-3,6-7,10-17,28-31,50H,4-5,8-9,18-22H2,(H,45,52)(H,46,51)(H,47,53)(H,48,55)(H,49,54)(H4,39,40,43)(H4,41,42,44)/t28-,29-,30-,31+/m0/s1. The van der Waals surface area contributed by atoms with Crippen LogP contribution < -0.4 is 49.5 Å². The summed E-state index contributed by atoms with van der Waals surface area (Å²) in [6, 6.07) is 18.6. The number of rotatable bonds is 13. The number of carbonyl (C=O) groups excluding carboxylic acids is 5. The number of carbonyl (C=O) groups is 5. The van der Waals surface area contributed by atoms with E-state index in [-0.39, 0.29) is 69.3 Å². The molecule has 1 heterocycles. The Balaban J connectivity index is 1.66. The van der Waals surface area contributed by atoms with Crippen molar-refractivity contribution in [2.24, 2.45) is 32.9 Å². The summed E-state index contributed by atoms with van der Waals surface area (Å²) >= 11 is 0. The van der Waals surface area contributed by atoms with Gasteiger partial charge in [-0.25, -0.2) is 0 Å². The minimum Gasteiger partial charge on any atom is -0.508 e. The van der Waals surface area contributed by atoms with E-state index in [1.54, 1.807) is 12.1 Å². The van der Waals surface area contributed by atoms with Crippen molar-refractivity contribution in [3.8, 4) is 16.9 Å². The van der Waals surface area contributed by atoms with Gasteiger partial charge in [-0.2, -0.15) is 0 Å². The van der Waals surface area contributed by atoms with Crippen LogP contribution in [0.3, 0.4) is 0 Å². The van der Waals surface area contributed by atoms with E-state index in [4.69, 9.17) is 22.9 Å². The zero-order valence-electron chi connectivity index (χ0n) is 30.4. The summed E-state index contributed by atoms with van der Waals surface area (Å²) in [5.41, 5.74) is 25.2. The van der Waals surface area contributed by atoms with Crippen LogP contribution in [0.5, 0.6) is 5.75 Å². The van der Waals surface area contributed by atoms with E-state index >= 15 is 0 Å². The average molecular weight is 756 g/mol. The van der Waals surface area contributed by atoms with Crippen molar-refractivity contribution >= 4 is 41.5 Å². The molecule has 4 rings (SSSR count). The van der Waals surface area contributed by atoms with Crippen LogP contribution in [0.1, 0.15) is 36.8 Å². The lowest BCUT2D eigenvalue weighted by Crippen LogP contribution is -2.58. The number of nitrogens with one attached hydrogen (secondary N) is 5. The predicted octanol–water partition coefficient (Wildman–Crippen LogP) is -0.979. The second-order valence-corrected chi connectivity index (χ2v) is 13.1. The van der Waals surface area contributed by atoms with Gasteiger partial charge in [-0.1, -0.05) is 66.7 Å². The number of benzene rings is 3. The maximum Gasteiger partial charge on any atom is 0.243 e. The number of hydrogen-bond donors (Lipinski definition) is 10. The molecule has 1 aliphatic heterocycles. The highest BCUT2D eigenvalue weighted by Crippen LogP contribution is 2.20. The minimum absolute atomic E-state index is 0.0107. The third-order valence-electron chi connectivity index (χ3n) is 8.74. The van der Waals surface area contributed by atoms with Crippen molar-refractivity contribution in [2.45, 2.75) is 62.7 Å². The first-order valence-electron chi connectivity index (χ1n) is 17.9. The van der Waals surface area contributed by atoms with Gasteiger partial charge in [-0.05, 0) is 60.1 Å². The maximum atomic E-state index is 13.9. The number of guanidine groups is 2. The van der Waals surface area contributed by atoms with E-state index in [1.165, 1.54) is 12.1 Å². The van der Waals surface area contributed by atoms with E-state index in [0.717, 1.165) is 16.7 Å². The molecule has 14 N–H and O–H groups in total. The number of nitrogens with zero attached hydrogens (tertiary/aromatic N) is 2. The predicted molar refractivity (Wildman–Crippen MR) is 208 cm³/mol. The minimum atomic E-state index is -1.19. The Labute approximate surface area is 318 Å². The molecule has 0 radical (unpaired) electrons. The maximum absolute atomic E-state index is 13.9. The van der Waals surface area contributed by atoms with Crippen molar-refractivity contribution in [2.75, 3.05) is 19.6 Å². The fourth-order valence-corrected chi connectivity index (χ4v) is 5.88. The Morgan fingerprint density at radius 3 is 1.51 bits per heavy atom. The van der Waals surface area contributed by atoms with Crippen molar-refractivity contribution < 1.29 is 29.1 Å². The molecule has 17 nitrogen and oxygen atoms in total. The number of aliphatic imine (C=N–C) groups is 2. The van der Waals surface area contributed by atoms with E-state index in [0.29, 0.717) is 5.56 Å². The lowest BCUT2D eigenvalue weighted by molar-refractivity contribution is -0.134. The van der Waals surface area contributed by atoms with Gasteiger partial charge in [0.25, 0.3) is 0 Å². The van der Waals surface area contributed by atoms with Gasteiger partial charge in [0.15, 0.2) is 11.9 Å². The number of nitrogens with two attached hydrogens (primary N) is 4. The lowest BCUT2D eigenvalue weighted by Gasteiger charge is -2.26. The second-order valence-electron chi connectivity index (χ2n) is 13.1. The van der Waals surface area contributed by atoms with E-state index in [1.807, 2.05) is 54.6 Å². The van der Waals surface area contributed by atoms with Gasteiger partial charge < -0.3 is 54.6 Å². The monoisotopic (exact) mass is 755 g/mol. The van der Waals surface area contributed by atoms with Crippen LogP contribution in [-0.4, -0.2) is 90.4 Å². The van der Waals surface area contributed by atoms with Crippen molar-refractivity contribution in [1.29, 1.82) is 0 Å². The SMILES string of the molecule is NC(N)=NCCC[C@@H]1NC(=O)[C@H](CCCN=C(N)N)NC(=O)[C@@H](Cc2ccc(O)cc2)NC(=O)CNC(=O)[C@H](Cc2ccc(-c3ccccc3)cc2)NC1=O. The van der Waals surface area contributed by atoms with Gasteiger partial charge in [0, 0.05) is 25.9 Å². The van der Waals surface area contributed by atoms with Crippen molar-refractivity contribution in [3.05, 3.63) is 90.0 Å². The second kappa shape index (κ2) is 20.6. The number of aromatic hydroxyl groups is 1. The Morgan fingerprint density at radius 1 is 0.564 bits per heavy atom. The normalized spacial score (nSPS) is 19.6. The smallest absolute Gasteiger partial charge is 0.243 e. The van der Waals surface area contributed by atoms with Crippen LogP contribution in [0, 0.1) is 0 Å². The number of amides is 5. The topological polar surface area (TPSA) is 295 Å². The number of hydrogen-bond acceptors (Lipinski definition) is 8. The Morgan fingerprint density at radius 2 is 1.00 bits per heavy atom. The molecular weight excluding hydrogens is 706 g/mol. The van der Waals surface area contributed by atoms with Gasteiger partial charge in [0.2, 0.25) is 29.5 Å². The zero-order valence-corrected chi connectivity index (χ0v) is 30.4. The van der Waals surface area contributed by atoms with E-state index in [9.17, 15) is 29.1 Å². The summed E-state index contributed by atoms with van der Waals surface area (Å²) < 4.78 is 0. The molecule has 0 spiro atoms. The Hall–Kier alpha value is -6.65. The molecule has 0 saturated carbocycles. The van der Waals surface area contributed by atoms with E-state index in [2.05, 4.69) is 36.6 Å². The van der Waals surface area contributed by atoms with E-state index < -0.39 is 60.2 Å². The fraction of sp³-hybridized carbons (Fsp3) is 0.342. The summed E-state index contributed by atoms with van der Waals surface area (Å²) in [7, 11) is 0. The molecule has 3 aromatic rings. The molecule has 292 valence electrons. The first kappa shape index (κ1) is 41.1. The molecule has 5 amide bonds. The molecule has 0 unspecified atom stereocenters.